The molecule has 1 rings (SSSR count). The smallest absolute Gasteiger partial charge is 0.133 e. The number of hydrogen-bond donors (Lipinski definition) is 0. The quantitative estimate of drug-likeness (QED) is 0.609. The Morgan fingerprint density at radius 2 is 2.08 bits per heavy atom. The summed E-state index contributed by atoms with van der Waals surface area (Å²) in [6.07, 6.45) is 0. The fourth-order valence-corrected chi connectivity index (χ4v) is 2.58. The van der Waals surface area contributed by atoms with Gasteiger partial charge in [0.25, 0.3) is 0 Å². The molecule has 1 nitrogen and oxygen atoms in total. The Morgan fingerprint density at radius 1 is 1.38 bits per heavy atom. The Morgan fingerprint density at radius 3 is 2.62 bits per heavy atom. The highest BCUT2D eigenvalue weighted by molar-refractivity contribution is 9.09. The van der Waals surface area contributed by atoms with Crippen molar-refractivity contribution in [2.24, 2.45) is 0 Å². The fourth-order valence-electron chi connectivity index (χ4n) is 1.09. The van der Waals surface area contributed by atoms with Crippen LogP contribution in [0.15, 0.2) is 30.3 Å². The fraction of sp³-hybridized carbons (Fsp3) is 0.300. The average molecular weight is 256 g/mol. The van der Waals surface area contributed by atoms with Crippen molar-refractivity contribution in [1.29, 1.82) is 5.26 Å². The van der Waals surface area contributed by atoms with Crippen molar-refractivity contribution < 1.29 is 0 Å². The van der Waals surface area contributed by atoms with E-state index in [4.69, 9.17) is 5.26 Å². The van der Waals surface area contributed by atoms with E-state index in [1.54, 1.807) is 0 Å². The summed E-state index contributed by atoms with van der Waals surface area (Å²) in [6, 6.07) is 10.3. The van der Waals surface area contributed by atoms with E-state index in [0.29, 0.717) is 5.92 Å². The van der Waals surface area contributed by atoms with Crippen LogP contribution in [-0.4, -0.2) is 11.1 Å². The first-order valence-electron chi connectivity index (χ1n) is 4.00. The molecule has 0 aliphatic carbocycles. The molecule has 0 saturated carbocycles. The predicted molar refractivity (Wildman–Crippen MR) is 61.0 cm³/mol. The summed E-state index contributed by atoms with van der Waals surface area (Å²) in [5.74, 6) is 1.29. The van der Waals surface area contributed by atoms with Crippen molar-refractivity contribution >= 4 is 27.7 Å². The van der Waals surface area contributed by atoms with Crippen molar-refractivity contribution in [3.8, 4) is 5.40 Å². The Labute approximate surface area is 91.3 Å². The predicted octanol–water partition coefficient (Wildman–Crippen LogP) is 3.38. The summed E-state index contributed by atoms with van der Waals surface area (Å²) >= 11 is 4.77. The van der Waals surface area contributed by atoms with Gasteiger partial charge in [0.1, 0.15) is 5.40 Å². The molecule has 1 aromatic carbocycles. The lowest BCUT2D eigenvalue weighted by atomic mass is 10.0. The van der Waals surface area contributed by atoms with Crippen LogP contribution in [0.25, 0.3) is 0 Å². The maximum absolute atomic E-state index is 8.46. The molecular formula is C10H10BrNS. The molecule has 13 heavy (non-hydrogen) atoms. The Balaban J connectivity index is 2.63. The SMILES string of the molecule is N#CSCC(CBr)c1ccccc1. The lowest BCUT2D eigenvalue weighted by Crippen LogP contribution is -2.02. The van der Waals surface area contributed by atoms with Gasteiger partial charge < -0.3 is 0 Å². The third-order valence-electron chi connectivity index (χ3n) is 1.81. The van der Waals surface area contributed by atoms with Crippen LogP contribution in [0.5, 0.6) is 0 Å². The van der Waals surface area contributed by atoms with Crippen molar-refractivity contribution in [3.05, 3.63) is 35.9 Å². The molecule has 0 aliphatic heterocycles. The lowest BCUT2D eigenvalue weighted by molar-refractivity contribution is 0.904. The number of rotatable bonds is 4. The number of thiocyanates is 1. The minimum Gasteiger partial charge on any atom is -0.185 e. The van der Waals surface area contributed by atoms with Crippen LogP contribution in [0.2, 0.25) is 0 Å². The van der Waals surface area contributed by atoms with E-state index in [9.17, 15) is 0 Å². The summed E-state index contributed by atoms with van der Waals surface area (Å²) in [4.78, 5) is 0. The van der Waals surface area contributed by atoms with E-state index in [2.05, 4.69) is 33.5 Å². The largest absolute Gasteiger partial charge is 0.185 e. The van der Waals surface area contributed by atoms with Crippen LogP contribution in [0, 0.1) is 10.7 Å². The Hall–Kier alpha value is -0.460. The van der Waals surface area contributed by atoms with E-state index < -0.39 is 0 Å². The van der Waals surface area contributed by atoms with Gasteiger partial charge in [-0.15, -0.1) is 0 Å². The topological polar surface area (TPSA) is 23.8 Å². The molecule has 0 radical (unpaired) electrons. The highest BCUT2D eigenvalue weighted by Gasteiger charge is 2.08. The first-order chi connectivity index (χ1) is 6.38. The third-order valence-corrected chi connectivity index (χ3v) is 3.29. The molecule has 0 heterocycles. The molecule has 1 aromatic rings. The molecule has 0 spiro atoms. The van der Waals surface area contributed by atoms with Crippen molar-refractivity contribution in [2.45, 2.75) is 5.92 Å². The first-order valence-corrected chi connectivity index (χ1v) is 6.11. The molecule has 0 bridgehead atoms. The normalized spacial score (nSPS) is 12.0. The van der Waals surface area contributed by atoms with Gasteiger partial charge in [-0.25, -0.2) is 0 Å². The molecule has 1 unspecified atom stereocenters. The zero-order valence-electron chi connectivity index (χ0n) is 7.11. The van der Waals surface area contributed by atoms with E-state index in [-0.39, 0.29) is 0 Å². The maximum Gasteiger partial charge on any atom is 0.133 e. The van der Waals surface area contributed by atoms with E-state index >= 15 is 0 Å². The third kappa shape index (κ3) is 3.41. The van der Waals surface area contributed by atoms with Crippen molar-refractivity contribution in [2.75, 3.05) is 11.1 Å². The van der Waals surface area contributed by atoms with E-state index in [1.807, 2.05) is 18.2 Å². The second-order valence-corrected chi connectivity index (χ2v) is 4.12. The molecule has 0 amide bonds. The molecule has 3 heteroatoms. The number of thioether (sulfide) groups is 1. The van der Waals surface area contributed by atoms with Gasteiger partial charge in [-0.2, -0.15) is 5.26 Å². The van der Waals surface area contributed by atoms with Gasteiger partial charge in [0, 0.05) is 17.0 Å². The summed E-state index contributed by atoms with van der Waals surface area (Å²) in [5.41, 5.74) is 1.29. The second-order valence-electron chi connectivity index (χ2n) is 2.66. The monoisotopic (exact) mass is 255 g/mol. The van der Waals surface area contributed by atoms with Gasteiger partial charge >= 0.3 is 0 Å². The van der Waals surface area contributed by atoms with Crippen molar-refractivity contribution in [1.82, 2.24) is 0 Å². The second kappa shape index (κ2) is 6.06. The first kappa shape index (κ1) is 10.6. The highest BCUT2D eigenvalue weighted by Crippen LogP contribution is 2.21. The molecule has 0 aliphatic rings. The number of nitrogens with zero attached hydrogens (tertiary/aromatic N) is 1. The van der Waals surface area contributed by atoms with Gasteiger partial charge in [-0.3, -0.25) is 0 Å². The number of nitriles is 1. The van der Waals surface area contributed by atoms with E-state index in [1.165, 1.54) is 17.3 Å². The standard InChI is InChI=1S/C10H10BrNS/c11-6-10(7-13-8-12)9-4-2-1-3-5-9/h1-5,10H,6-7H2. The number of halogens is 1. The number of hydrogen-bond acceptors (Lipinski definition) is 2. The summed E-state index contributed by atoms with van der Waals surface area (Å²) < 4.78 is 0. The van der Waals surface area contributed by atoms with Crippen molar-refractivity contribution in [3.63, 3.8) is 0 Å². The summed E-state index contributed by atoms with van der Waals surface area (Å²) in [5, 5.41) is 11.5. The minimum absolute atomic E-state index is 0.436. The molecule has 1 atom stereocenters. The Bertz CT molecular complexity index is 281. The van der Waals surface area contributed by atoms with Gasteiger partial charge in [-0.1, -0.05) is 46.3 Å². The van der Waals surface area contributed by atoms with E-state index in [0.717, 1.165) is 11.1 Å². The molecule has 0 saturated heterocycles. The molecule has 0 aromatic heterocycles. The molecule has 0 N–H and O–H groups in total. The summed E-state index contributed by atoms with van der Waals surface area (Å²) in [6.45, 7) is 0. The zero-order chi connectivity index (χ0) is 9.52. The molecule has 0 fully saturated rings. The van der Waals surface area contributed by atoms with Crippen LogP contribution in [0.4, 0.5) is 0 Å². The lowest BCUT2D eigenvalue weighted by Gasteiger charge is -2.11. The maximum atomic E-state index is 8.46. The minimum atomic E-state index is 0.436. The van der Waals surface area contributed by atoms with Gasteiger partial charge in [0.2, 0.25) is 0 Å². The summed E-state index contributed by atoms with van der Waals surface area (Å²) in [7, 11) is 0. The van der Waals surface area contributed by atoms with Crippen LogP contribution in [0.3, 0.4) is 0 Å². The van der Waals surface area contributed by atoms with Gasteiger partial charge in [0.15, 0.2) is 0 Å². The van der Waals surface area contributed by atoms with Crippen LogP contribution < -0.4 is 0 Å². The van der Waals surface area contributed by atoms with Crippen LogP contribution in [-0.2, 0) is 0 Å². The van der Waals surface area contributed by atoms with Crippen LogP contribution in [0.1, 0.15) is 11.5 Å². The number of alkyl halides is 1. The highest BCUT2D eigenvalue weighted by atomic mass is 79.9. The zero-order valence-corrected chi connectivity index (χ0v) is 9.51. The number of benzene rings is 1. The Kier molecular flexibility index (Phi) is 4.95. The average Bonchev–Trinajstić information content (AvgIpc) is 2.21. The van der Waals surface area contributed by atoms with Gasteiger partial charge in [-0.05, 0) is 17.3 Å². The molecular weight excluding hydrogens is 246 g/mol. The van der Waals surface area contributed by atoms with Gasteiger partial charge in [0.05, 0.1) is 0 Å². The molecule has 68 valence electrons. The van der Waals surface area contributed by atoms with Crippen LogP contribution >= 0.6 is 27.7 Å².